The van der Waals surface area contributed by atoms with E-state index in [9.17, 15) is 4.39 Å². The van der Waals surface area contributed by atoms with Crippen molar-refractivity contribution < 1.29 is 4.39 Å². The van der Waals surface area contributed by atoms with E-state index in [1.54, 1.807) is 29.0 Å². The Morgan fingerprint density at radius 3 is 2.63 bits per heavy atom. The quantitative estimate of drug-likeness (QED) is 0.580. The molecule has 7 heteroatoms. The van der Waals surface area contributed by atoms with Gasteiger partial charge in [-0.2, -0.15) is 9.50 Å². The number of nitrogens with zero attached hydrogens (tertiary/aromatic N) is 5. The molecular formula is C20H19FN6. The van der Waals surface area contributed by atoms with Crippen LogP contribution in [0.3, 0.4) is 0 Å². The van der Waals surface area contributed by atoms with Crippen molar-refractivity contribution in [3.63, 3.8) is 0 Å². The van der Waals surface area contributed by atoms with Gasteiger partial charge in [0.2, 0.25) is 0 Å². The van der Waals surface area contributed by atoms with Crippen molar-refractivity contribution >= 4 is 11.6 Å². The molecule has 0 saturated heterocycles. The first-order chi connectivity index (χ1) is 13.1. The number of fused-ring (bicyclic) bond motifs is 1. The number of benzene rings is 1. The molecule has 1 aromatic carbocycles. The zero-order chi connectivity index (χ0) is 18.8. The van der Waals surface area contributed by atoms with Gasteiger partial charge in [-0.1, -0.05) is 26.0 Å². The van der Waals surface area contributed by atoms with Crippen LogP contribution in [0, 0.1) is 5.82 Å². The van der Waals surface area contributed by atoms with Gasteiger partial charge in [-0.15, -0.1) is 5.10 Å². The summed E-state index contributed by atoms with van der Waals surface area (Å²) >= 11 is 0. The Morgan fingerprint density at radius 2 is 1.93 bits per heavy atom. The van der Waals surface area contributed by atoms with Crippen molar-refractivity contribution in [1.82, 2.24) is 24.6 Å². The summed E-state index contributed by atoms with van der Waals surface area (Å²) in [6, 6.07) is 12.2. The van der Waals surface area contributed by atoms with Gasteiger partial charge in [0.15, 0.2) is 5.82 Å². The molecule has 3 aromatic heterocycles. The molecule has 0 atom stereocenters. The minimum Gasteiger partial charge on any atom is -0.366 e. The second kappa shape index (κ2) is 7.11. The van der Waals surface area contributed by atoms with Crippen LogP contribution in [-0.4, -0.2) is 24.6 Å². The van der Waals surface area contributed by atoms with Crippen molar-refractivity contribution in [2.45, 2.75) is 26.3 Å². The molecule has 4 aromatic rings. The Bertz CT molecular complexity index is 1060. The lowest BCUT2D eigenvalue weighted by Crippen LogP contribution is -2.08. The fraction of sp³-hybridized carbons (Fsp3) is 0.200. The van der Waals surface area contributed by atoms with Gasteiger partial charge >= 0.3 is 0 Å². The van der Waals surface area contributed by atoms with E-state index in [2.05, 4.69) is 39.2 Å². The zero-order valence-corrected chi connectivity index (χ0v) is 15.1. The highest BCUT2D eigenvalue weighted by atomic mass is 19.1. The SMILES string of the molecule is CC(C)c1cc(NCc2ccc(F)cc2)n2nc(-c3cccnc3)nc2n1. The molecule has 1 N–H and O–H groups in total. The normalized spacial score (nSPS) is 11.3. The molecule has 0 amide bonds. The first-order valence-corrected chi connectivity index (χ1v) is 8.76. The van der Waals surface area contributed by atoms with Gasteiger partial charge in [0.05, 0.1) is 5.69 Å². The number of pyridine rings is 1. The van der Waals surface area contributed by atoms with Crippen molar-refractivity contribution in [2.24, 2.45) is 0 Å². The first-order valence-electron chi connectivity index (χ1n) is 8.76. The van der Waals surface area contributed by atoms with Gasteiger partial charge in [-0.25, -0.2) is 9.37 Å². The predicted octanol–water partition coefficient (Wildman–Crippen LogP) is 4.06. The lowest BCUT2D eigenvalue weighted by Gasteiger charge is -2.11. The smallest absolute Gasteiger partial charge is 0.254 e. The van der Waals surface area contributed by atoms with E-state index in [-0.39, 0.29) is 11.7 Å². The lowest BCUT2D eigenvalue weighted by atomic mass is 10.1. The summed E-state index contributed by atoms with van der Waals surface area (Å²) in [5, 5.41) is 7.96. The van der Waals surface area contributed by atoms with Gasteiger partial charge in [0, 0.05) is 30.6 Å². The average Bonchev–Trinajstić information content (AvgIpc) is 3.12. The van der Waals surface area contributed by atoms with E-state index < -0.39 is 0 Å². The molecule has 0 radical (unpaired) electrons. The third kappa shape index (κ3) is 3.62. The summed E-state index contributed by atoms with van der Waals surface area (Å²) in [4.78, 5) is 13.3. The third-order valence-corrected chi connectivity index (χ3v) is 4.23. The maximum atomic E-state index is 13.1. The molecule has 136 valence electrons. The first kappa shape index (κ1) is 17.1. The monoisotopic (exact) mass is 362 g/mol. The summed E-state index contributed by atoms with van der Waals surface area (Å²) in [5.74, 6) is 1.89. The average molecular weight is 362 g/mol. The topological polar surface area (TPSA) is 68.0 Å². The molecular weight excluding hydrogens is 343 g/mol. The molecule has 0 aliphatic heterocycles. The molecule has 27 heavy (non-hydrogen) atoms. The molecule has 6 nitrogen and oxygen atoms in total. The summed E-state index contributed by atoms with van der Waals surface area (Å²) in [6.45, 7) is 4.71. The standard InChI is InChI=1S/C20H19FN6/c1-13(2)17-10-18(23-11-14-5-7-16(21)8-6-14)27-20(24-17)25-19(26-27)15-4-3-9-22-12-15/h3-10,12-13,23H,11H2,1-2H3. The largest absolute Gasteiger partial charge is 0.366 e. The van der Waals surface area contributed by atoms with Gasteiger partial charge in [0.1, 0.15) is 11.6 Å². The van der Waals surface area contributed by atoms with Crippen molar-refractivity contribution in [3.8, 4) is 11.4 Å². The number of anilines is 1. The minimum atomic E-state index is -0.246. The van der Waals surface area contributed by atoms with Crippen LogP contribution in [-0.2, 0) is 6.54 Å². The fourth-order valence-corrected chi connectivity index (χ4v) is 2.72. The molecule has 0 fully saturated rings. The van der Waals surface area contributed by atoms with E-state index in [0.29, 0.717) is 18.1 Å². The molecule has 0 aliphatic carbocycles. The second-order valence-electron chi connectivity index (χ2n) is 6.59. The van der Waals surface area contributed by atoms with E-state index >= 15 is 0 Å². The Morgan fingerprint density at radius 1 is 1.11 bits per heavy atom. The summed E-state index contributed by atoms with van der Waals surface area (Å²) in [5.41, 5.74) is 2.73. The summed E-state index contributed by atoms with van der Waals surface area (Å²) in [6.07, 6.45) is 3.44. The zero-order valence-electron chi connectivity index (χ0n) is 15.1. The van der Waals surface area contributed by atoms with Crippen molar-refractivity contribution in [3.05, 3.63) is 71.9 Å². The molecule has 0 spiro atoms. The molecule has 3 heterocycles. The Balaban J connectivity index is 1.72. The van der Waals surface area contributed by atoms with Crippen LogP contribution in [0.5, 0.6) is 0 Å². The molecule has 0 bridgehead atoms. The number of rotatable bonds is 5. The Kier molecular flexibility index (Phi) is 4.50. The van der Waals surface area contributed by atoms with Crippen molar-refractivity contribution in [2.75, 3.05) is 5.32 Å². The number of hydrogen-bond donors (Lipinski definition) is 1. The third-order valence-electron chi connectivity index (χ3n) is 4.23. The molecule has 0 unspecified atom stereocenters. The van der Waals surface area contributed by atoms with E-state index in [1.165, 1.54) is 12.1 Å². The molecule has 0 aliphatic rings. The summed E-state index contributed by atoms with van der Waals surface area (Å²) in [7, 11) is 0. The highest BCUT2D eigenvalue weighted by Crippen LogP contribution is 2.21. The van der Waals surface area contributed by atoms with Crippen LogP contribution in [0.1, 0.15) is 31.0 Å². The van der Waals surface area contributed by atoms with E-state index in [1.807, 2.05) is 18.2 Å². The fourth-order valence-electron chi connectivity index (χ4n) is 2.72. The van der Waals surface area contributed by atoms with Gasteiger partial charge in [0.25, 0.3) is 5.78 Å². The maximum Gasteiger partial charge on any atom is 0.254 e. The van der Waals surface area contributed by atoms with Crippen LogP contribution in [0.2, 0.25) is 0 Å². The highest BCUT2D eigenvalue weighted by Gasteiger charge is 2.14. The van der Waals surface area contributed by atoms with Crippen LogP contribution in [0.4, 0.5) is 10.2 Å². The Labute approximate surface area is 156 Å². The van der Waals surface area contributed by atoms with Gasteiger partial charge < -0.3 is 5.32 Å². The van der Waals surface area contributed by atoms with E-state index in [0.717, 1.165) is 22.6 Å². The number of halogens is 1. The Hall–Kier alpha value is -3.35. The summed E-state index contributed by atoms with van der Waals surface area (Å²) < 4.78 is 14.8. The van der Waals surface area contributed by atoms with Crippen LogP contribution in [0.15, 0.2) is 54.9 Å². The molecule has 0 saturated carbocycles. The van der Waals surface area contributed by atoms with E-state index in [4.69, 9.17) is 0 Å². The van der Waals surface area contributed by atoms with Crippen LogP contribution < -0.4 is 5.32 Å². The van der Waals surface area contributed by atoms with Crippen molar-refractivity contribution in [1.29, 1.82) is 0 Å². The number of hydrogen-bond acceptors (Lipinski definition) is 5. The van der Waals surface area contributed by atoms with Crippen LogP contribution in [0.25, 0.3) is 17.2 Å². The van der Waals surface area contributed by atoms with Gasteiger partial charge in [-0.3, -0.25) is 4.98 Å². The van der Waals surface area contributed by atoms with Gasteiger partial charge in [-0.05, 0) is 35.7 Å². The number of nitrogens with one attached hydrogen (secondary N) is 1. The number of aromatic nitrogens is 5. The minimum absolute atomic E-state index is 0.246. The second-order valence-corrected chi connectivity index (χ2v) is 6.59. The molecule has 4 rings (SSSR count). The highest BCUT2D eigenvalue weighted by molar-refractivity contribution is 5.57. The lowest BCUT2D eigenvalue weighted by molar-refractivity contribution is 0.627. The predicted molar refractivity (Wildman–Crippen MR) is 102 cm³/mol. The van der Waals surface area contributed by atoms with Crippen LogP contribution >= 0.6 is 0 Å². The maximum absolute atomic E-state index is 13.1.